The standard InChI is InChI=1S/C10H8O2/c11-6-8-5-9-3-1-2-4-10(9)12-7-8/h1-4H,5,7H2. The summed E-state index contributed by atoms with van der Waals surface area (Å²) < 4.78 is 5.33. The molecule has 0 bridgehead atoms. The summed E-state index contributed by atoms with van der Waals surface area (Å²) in [4.78, 5) is 10.3. The maximum atomic E-state index is 10.3. The second kappa shape index (κ2) is 2.84. The van der Waals surface area contributed by atoms with Crippen LogP contribution in [0.25, 0.3) is 0 Å². The fraction of sp³-hybridized carbons (Fsp3) is 0.200. The van der Waals surface area contributed by atoms with Crippen molar-refractivity contribution in [3.63, 3.8) is 0 Å². The summed E-state index contributed by atoms with van der Waals surface area (Å²) in [6, 6.07) is 7.74. The minimum absolute atomic E-state index is 0.389. The Balaban J connectivity index is 2.41. The van der Waals surface area contributed by atoms with Gasteiger partial charge in [0.05, 0.1) is 5.57 Å². The van der Waals surface area contributed by atoms with Gasteiger partial charge in [-0.3, -0.25) is 0 Å². The Bertz CT molecular complexity index is 349. The number of fused-ring (bicyclic) bond motifs is 1. The quantitative estimate of drug-likeness (QED) is 0.536. The molecule has 0 amide bonds. The van der Waals surface area contributed by atoms with Gasteiger partial charge in [0.25, 0.3) is 0 Å². The van der Waals surface area contributed by atoms with Crippen LogP contribution in [0.3, 0.4) is 0 Å². The highest BCUT2D eigenvalue weighted by Gasteiger charge is 2.13. The van der Waals surface area contributed by atoms with E-state index in [4.69, 9.17) is 4.74 Å². The molecule has 2 nitrogen and oxygen atoms in total. The Morgan fingerprint density at radius 1 is 1.33 bits per heavy atom. The lowest BCUT2D eigenvalue weighted by Gasteiger charge is -2.16. The van der Waals surface area contributed by atoms with Crippen molar-refractivity contribution in [2.24, 2.45) is 0 Å². The van der Waals surface area contributed by atoms with Crippen LogP contribution >= 0.6 is 0 Å². The van der Waals surface area contributed by atoms with Gasteiger partial charge in [0.15, 0.2) is 0 Å². The predicted molar refractivity (Wildman–Crippen MR) is 44.8 cm³/mol. The molecule has 1 aromatic carbocycles. The van der Waals surface area contributed by atoms with Gasteiger partial charge < -0.3 is 4.74 Å². The Morgan fingerprint density at radius 2 is 2.17 bits per heavy atom. The first-order valence-electron chi connectivity index (χ1n) is 3.83. The molecule has 0 saturated carbocycles. The molecule has 1 heterocycles. The zero-order valence-corrected chi connectivity index (χ0v) is 6.54. The molecule has 2 heteroatoms. The predicted octanol–water partition coefficient (Wildman–Crippen LogP) is 1.38. The van der Waals surface area contributed by atoms with E-state index >= 15 is 0 Å². The first kappa shape index (κ1) is 7.14. The summed E-state index contributed by atoms with van der Waals surface area (Å²) in [5.74, 6) is 2.77. The zero-order valence-electron chi connectivity index (χ0n) is 6.54. The smallest absolute Gasteiger partial charge is 0.127 e. The Labute approximate surface area is 70.5 Å². The van der Waals surface area contributed by atoms with Gasteiger partial charge in [-0.15, -0.1) is 0 Å². The van der Waals surface area contributed by atoms with Crippen LogP contribution in [0, 0.1) is 0 Å². The topological polar surface area (TPSA) is 26.3 Å². The molecule has 1 aliphatic heterocycles. The highest BCUT2D eigenvalue weighted by molar-refractivity contribution is 5.56. The molecule has 0 unspecified atom stereocenters. The fourth-order valence-corrected chi connectivity index (χ4v) is 1.30. The number of ether oxygens (including phenoxy) is 1. The molecule has 1 aliphatic rings. The lowest BCUT2D eigenvalue weighted by atomic mass is 10.0. The number of para-hydroxylation sites is 1. The average Bonchev–Trinajstić information content (AvgIpc) is 2.17. The van der Waals surface area contributed by atoms with Gasteiger partial charge in [-0.2, -0.15) is 0 Å². The van der Waals surface area contributed by atoms with Crippen LogP contribution in [0.15, 0.2) is 29.8 Å². The first-order valence-corrected chi connectivity index (χ1v) is 3.83. The van der Waals surface area contributed by atoms with Crippen LogP contribution < -0.4 is 4.74 Å². The first-order chi connectivity index (χ1) is 5.90. The molecule has 0 spiro atoms. The molecule has 60 valence electrons. The summed E-state index contributed by atoms with van der Waals surface area (Å²) in [6.07, 6.45) is 0.680. The monoisotopic (exact) mass is 160 g/mol. The molecular weight excluding hydrogens is 152 g/mol. The molecule has 0 aromatic heterocycles. The largest absolute Gasteiger partial charge is 0.488 e. The van der Waals surface area contributed by atoms with E-state index in [-0.39, 0.29) is 0 Å². The Kier molecular flexibility index (Phi) is 1.69. The minimum Gasteiger partial charge on any atom is -0.488 e. The number of rotatable bonds is 0. The molecule has 0 atom stereocenters. The number of carbonyl (C=O) groups excluding carboxylic acids is 1. The van der Waals surface area contributed by atoms with E-state index < -0.39 is 0 Å². The Hall–Kier alpha value is -1.53. The summed E-state index contributed by atoms with van der Waals surface area (Å²) >= 11 is 0. The fourth-order valence-electron chi connectivity index (χ4n) is 1.30. The normalized spacial score (nSPS) is 14.5. The SMILES string of the molecule is O=C=C1COc2ccccc2C1. The van der Waals surface area contributed by atoms with Gasteiger partial charge in [0, 0.05) is 6.42 Å². The van der Waals surface area contributed by atoms with E-state index in [0.29, 0.717) is 18.6 Å². The van der Waals surface area contributed by atoms with Crippen molar-refractivity contribution < 1.29 is 9.53 Å². The summed E-state index contributed by atoms with van der Waals surface area (Å²) in [5, 5.41) is 0. The van der Waals surface area contributed by atoms with Crippen LogP contribution in [-0.2, 0) is 11.2 Å². The van der Waals surface area contributed by atoms with Crippen LogP contribution in [-0.4, -0.2) is 12.5 Å². The minimum atomic E-state index is 0.389. The van der Waals surface area contributed by atoms with E-state index in [1.54, 1.807) is 0 Å². The molecule has 1 aromatic rings. The lowest BCUT2D eigenvalue weighted by Crippen LogP contribution is -2.11. The van der Waals surface area contributed by atoms with Crippen molar-refractivity contribution in [3.05, 3.63) is 35.4 Å². The maximum absolute atomic E-state index is 10.3. The van der Waals surface area contributed by atoms with Crippen LogP contribution in [0.1, 0.15) is 5.56 Å². The third-order valence-corrected chi connectivity index (χ3v) is 1.92. The van der Waals surface area contributed by atoms with Crippen molar-refractivity contribution >= 4 is 5.94 Å². The van der Waals surface area contributed by atoms with Crippen LogP contribution in [0.4, 0.5) is 0 Å². The van der Waals surface area contributed by atoms with Crippen molar-refractivity contribution in [2.75, 3.05) is 6.61 Å². The maximum Gasteiger partial charge on any atom is 0.127 e. The molecule has 12 heavy (non-hydrogen) atoms. The van der Waals surface area contributed by atoms with Crippen LogP contribution in [0.2, 0.25) is 0 Å². The number of benzene rings is 1. The average molecular weight is 160 g/mol. The van der Waals surface area contributed by atoms with Crippen molar-refractivity contribution in [3.8, 4) is 5.75 Å². The van der Waals surface area contributed by atoms with E-state index in [0.717, 1.165) is 11.3 Å². The van der Waals surface area contributed by atoms with E-state index in [1.165, 1.54) is 0 Å². The van der Waals surface area contributed by atoms with E-state index in [2.05, 4.69) is 0 Å². The highest BCUT2D eigenvalue weighted by Crippen LogP contribution is 2.24. The van der Waals surface area contributed by atoms with E-state index in [1.807, 2.05) is 30.2 Å². The summed E-state index contributed by atoms with van der Waals surface area (Å²) in [6.45, 7) is 0.389. The third-order valence-electron chi connectivity index (χ3n) is 1.92. The molecule has 0 saturated heterocycles. The molecule has 0 aliphatic carbocycles. The van der Waals surface area contributed by atoms with Crippen molar-refractivity contribution in [1.82, 2.24) is 0 Å². The van der Waals surface area contributed by atoms with Gasteiger partial charge in [0.1, 0.15) is 18.3 Å². The van der Waals surface area contributed by atoms with Crippen molar-refractivity contribution in [1.29, 1.82) is 0 Å². The van der Waals surface area contributed by atoms with Gasteiger partial charge in [-0.1, -0.05) is 18.2 Å². The molecule has 0 fully saturated rings. The number of hydrogen-bond donors (Lipinski definition) is 0. The molecule has 0 N–H and O–H groups in total. The lowest BCUT2D eigenvalue weighted by molar-refractivity contribution is 0.332. The van der Waals surface area contributed by atoms with Gasteiger partial charge in [0.2, 0.25) is 0 Å². The summed E-state index contributed by atoms with van der Waals surface area (Å²) in [5.41, 5.74) is 1.76. The molecule has 0 radical (unpaired) electrons. The highest BCUT2D eigenvalue weighted by atomic mass is 16.5. The number of hydrogen-bond acceptors (Lipinski definition) is 2. The van der Waals surface area contributed by atoms with E-state index in [9.17, 15) is 4.79 Å². The molecular formula is C10H8O2. The Morgan fingerprint density at radius 3 is 3.00 bits per heavy atom. The van der Waals surface area contributed by atoms with Crippen LogP contribution in [0.5, 0.6) is 5.75 Å². The van der Waals surface area contributed by atoms with Gasteiger partial charge in [-0.05, 0) is 11.6 Å². The van der Waals surface area contributed by atoms with Crippen molar-refractivity contribution in [2.45, 2.75) is 6.42 Å². The second-order valence-electron chi connectivity index (χ2n) is 2.78. The van der Waals surface area contributed by atoms with Gasteiger partial charge >= 0.3 is 0 Å². The third kappa shape index (κ3) is 1.13. The summed E-state index contributed by atoms with van der Waals surface area (Å²) in [7, 11) is 0. The van der Waals surface area contributed by atoms with Gasteiger partial charge in [-0.25, -0.2) is 4.79 Å². The molecule has 2 rings (SSSR count). The zero-order chi connectivity index (χ0) is 8.39. The second-order valence-corrected chi connectivity index (χ2v) is 2.78.